The molecule has 5 nitrogen and oxygen atoms in total. The van der Waals surface area contributed by atoms with Crippen molar-refractivity contribution in [1.82, 2.24) is 4.98 Å². The second kappa shape index (κ2) is 6.43. The number of pyridine rings is 1. The first-order chi connectivity index (χ1) is 10.1. The number of carbonyl (C=O) groups excluding carboxylic acids is 1. The molecule has 1 aromatic carbocycles. The Bertz CT molecular complexity index is 681. The topological polar surface area (TPSA) is 75.0 Å². The van der Waals surface area contributed by atoms with Gasteiger partial charge in [-0.1, -0.05) is 12.1 Å². The van der Waals surface area contributed by atoms with Crippen molar-refractivity contribution in [2.75, 3.05) is 5.32 Å². The zero-order valence-corrected chi connectivity index (χ0v) is 10.6. The number of nitrogens with one attached hydrogen (secondary N) is 1. The third-order valence-corrected chi connectivity index (χ3v) is 2.48. The Kier molecular flexibility index (Phi) is 4.41. The highest BCUT2D eigenvalue weighted by Crippen LogP contribution is 2.21. The zero-order valence-electron chi connectivity index (χ0n) is 10.6. The summed E-state index contributed by atoms with van der Waals surface area (Å²) in [5, 5.41) is 11.1. The summed E-state index contributed by atoms with van der Waals surface area (Å²) >= 11 is 0. The normalized spacial score (nSPS) is 10.0. The Hall–Kier alpha value is -3.01. The number of hydrogen-bond acceptors (Lipinski definition) is 4. The van der Waals surface area contributed by atoms with Crippen molar-refractivity contribution in [1.29, 1.82) is 5.26 Å². The van der Waals surface area contributed by atoms with Crippen LogP contribution in [0.4, 0.5) is 14.6 Å². The van der Waals surface area contributed by atoms with Crippen LogP contribution >= 0.6 is 0 Å². The summed E-state index contributed by atoms with van der Waals surface area (Å²) in [5.41, 5.74) is 0.304. The molecule has 0 saturated carbocycles. The number of hydrogen-bond donors (Lipinski definition) is 1. The zero-order chi connectivity index (χ0) is 15.2. The maximum Gasteiger partial charge on any atom is 0.387 e. The molecule has 0 bridgehead atoms. The van der Waals surface area contributed by atoms with Crippen LogP contribution in [0, 0.1) is 11.3 Å². The molecular weight excluding hydrogens is 280 g/mol. The van der Waals surface area contributed by atoms with Crippen LogP contribution < -0.4 is 10.1 Å². The lowest BCUT2D eigenvalue weighted by Crippen LogP contribution is -2.15. The van der Waals surface area contributed by atoms with Gasteiger partial charge in [0.1, 0.15) is 17.6 Å². The minimum absolute atomic E-state index is 0.0380. The number of amides is 1. The largest absolute Gasteiger partial charge is 0.434 e. The second-order valence-corrected chi connectivity index (χ2v) is 3.87. The van der Waals surface area contributed by atoms with Gasteiger partial charge < -0.3 is 10.1 Å². The van der Waals surface area contributed by atoms with Gasteiger partial charge in [-0.15, -0.1) is 0 Å². The van der Waals surface area contributed by atoms with E-state index in [1.165, 1.54) is 42.6 Å². The summed E-state index contributed by atoms with van der Waals surface area (Å²) in [5.74, 6) is -0.659. The highest BCUT2D eigenvalue weighted by molar-refractivity contribution is 6.05. The number of nitriles is 1. The van der Waals surface area contributed by atoms with E-state index in [0.29, 0.717) is 5.56 Å². The summed E-state index contributed by atoms with van der Waals surface area (Å²) in [6.45, 7) is -3.02. The minimum atomic E-state index is -3.02. The van der Waals surface area contributed by atoms with Crippen molar-refractivity contribution in [3.63, 3.8) is 0 Å². The number of benzene rings is 1. The molecule has 106 valence electrons. The molecule has 1 heterocycles. The summed E-state index contributed by atoms with van der Waals surface area (Å²) in [7, 11) is 0. The molecule has 0 aliphatic carbocycles. The lowest BCUT2D eigenvalue weighted by molar-refractivity contribution is -0.0501. The fourth-order valence-corrected chi connectivity index (χ4v) is 1.57. The van der Waals surface area contributed by atoms with E-state index < -0.39 is 12.5 Å². The number of nitrogens with zero attached hydrogens (tertiary/aromatic N) is 2. The molecule has 1 N–H and O–H groups in total. The number of halogens is 2. The fraction of sp³-hybridized carbons (Fsp3) is 0.0714. The summed E-state index contributed by atoms with van der Waals surface area (Å²) in [6.07, 6.45) is 1.29. The average molecular weight is 289 g/mol. The van der Waals surface area contributed by atoms with E-state index in [4.69, 9.17) is 5.26 Å². The second-order valence-electron chi connectivity index (χ2n) is 3.87. The SMILES string of the molecule is N#Cc1ccc(NC(=O)c2ccccc2OC(F)F)nc1. The number of para-hydroxylation sites is 1. The predicted molar refractivity (Wildman–Crippen MR) is 70.0 cm³/mol. The van der Waals surface area contributed by atoms with E-state index in [1.54, 1.807) is 0 Å². The van der Waals surface area contributed by atoms with Gasteiger partial charge in [-0.25, -0.2) is 4.98 Å². The molecule has 2 rings (SSSR count). The molecule has 0 fully saturated rings. The highest BCUT2D eigenvalue weighted by atomic mass is 19.3. The first-order valence-corrected chi connectivity index (χ1v) is 5.81. The quantitative estimate of drug-likeness (QED) is 0.939. The maximum atomic E-state index is 12.3. The van der Waals surface area contributed by atoms with Gasteiger partial charge in [0.25, 0.3) is 5.91 Å². The van der Waals surface area contributed by atoms with E-state index in [9.17, 15) is 13.6 Å². The summed E-state index contributed by atoms with van der Waals surface area (Å²) in [4.78, 5) is 15.9. The lowest BCUT2D eigenvalue weighted by atomic mass is 10.2. The van der Waals surface area contributed by atoms with E-state index in [-0.39, 0.29) is 17.1 Å². The standard InChI is InChI=1S/C14H9F2N3O2/c15-14(16)21-11-4-2-1-3-10(11)13(20)19-12-6-5-9(7-17)8-18-12/h1-6,8,14H,(H,18,19,20). The van der Waals surface area contributed by atoms with Crippen LogP contribution in [0.2, 0.25) is 0 Å². The monoisotopic (exact) mass is 289 g/mol. The Morgan fingerprint density at radius 2 is 2.05 bits per heavy atom. The van der Waals surface area contributed by atoms with Crippen LogP contribution in [0.3, 0.4) is 0 Å². The van der Waals surface area contributed by atoms with Gasteiger partial charge >= 0.3 is 6.61 Å². The van der Waals surface area contributed by atoms with Gasteiger partial charge in [-0.05, 0) is 24.3 Å². The summed E-state index contributed by atoms with van der Waals surface area (Å²) < 4.78 is 28.8. The molecule has 0 unspecified atom stereocenters. The third-order valence-electron chi connectivity index (χ3n) is 2.48. The smallest absolute Gasteiger partial charge is 0.387 e. The van der Waals surface area contributed by atoms with Gasteiger partial charge in [0.2, 0.25) is 0 Å². The molecule has 0 atom stereocenters. The molecule has 2 aromatic rings. The van der Waals surface area contributed by atoms with E-state index in [2.05, 4.69) is 15.0 Å². The molecule has 0 saturated heterocycles. The number of ether oxygens (including phenoxy) is 1. The predicted octanol–water partition coefficient (Wildman–Crippen LogP) is 2.81. The van der Waals surface area contributed by atoms with E-state index >= 15 is 0 Å². The Balaban J connectivity index is 2.18. The molecule has 7 heteroatoms. The van der Waals surface area contributed by atoms with Crippen LogP contribution in [-0.4, -0.2) is 17.5 Å². The van der Waals surface area contributed by atoms with Gasteiger partial charge in [-0.3, -0.25) is 4.79 Å². The number of alkyl halides is 2. The Morgan fingerprint density at radius 3 is 2.67 bits per heavy atom. The highest BCUT2D eigenvalue weighted by Gasteiger charge is 2.15. The van der Waals surface area contributed by atoms with Crippen molar-refractivity contribution in [3.8, 4) is 11.8 Å². The van der Waals surface area contributed by atoms with Crippen molar-refractivity contribution in [2.45, 2.75) is 6.61 Å². The van der Waals surface area contributed by atoms with Crippen molar-refractivity contribution < 1.29 is 18.3 Å². The van der Waals surface area contributed by atoms with Gasteiger partial charge in [0.05, 0.1) is 11.1 Å². The molecule has 21 heavy (non-hydrogen) atoms. The van der Waals surface area contributed by atoms with Crippen LogP contribution in [0.1, 0.15) is 15.9 Å². The number of anilines is 1. The third kappa shape index (κ3) is 3.73. The van der Waals surface area contributed by atoms with Gasteiger partial charge in [0, 0.05) is 6.20 Å². The van der Waals surface area contributed by atoms with Crippen molar-refractivity contribution in [2.24, 2.45) is 0 Å². The number of carbonyl (C=O) groups is 1. The van der Waals surface area contributed by atoms with Gasteiger partial charge in [-0.2, -0.15) is 14.0 Å². The van der Waals surface area contributed by atoms with Crippen LogP contribution in [0.15, 0.2) is 42.6 Å². The first-order valence-electron chi connectivity index (χ1n) is 5.81. The Labute approximate surface area is 118 Å². The molecular formula is C14H9F2N3O2. The molecule has 1 aromatic heterocycles. The first kappa shape index (κ1) is 14.4. The Morgan fingerprint density at radius 1 is 1.29 bits per heavy atom. The number of rotatable bonds is 4. The maximum absolute atomic E-state index is 12.3. The van der Waals surface area contributed by atoms with Crippen molar-refractivity contribution >= 4 is 11.7 Å². The van der Waals surface area contributed by atoms with E-state index in [1.807, 2.05) is 6.07 Å². The summed E-state index contributed by atoms with van der Waals surface area (Å²) in [6, 6.07) is 10.4. The minimum Gasteiger partial charge on any atom is -0.434 e. The molecule has 0 radical (unpaired) electrons. The van der Waals surface area contributed by atoms with Gasteiger partial charge in [0.15, 0.2) is 0 Å². The molecule has 0 spiro atoms. The molecule has 1 amide bonds. The number of aromatic nitrogens is 1. The lowest BCUT2D eigenvalue weighted by Gasteiger charge is -2.10. The van der Waals surface area contributed by atoms with Crippen LogP contribution in [0.5, 0.6) is 5.75 Å². The molecule has 0 aliphatic rings. The average Bonchev–Trinajstić information content (AvgIpc) is 2.48. The molecule has 0 aliphatic heterocycles. The van der Waals surface area contributed by atoms with Crippen LogP contribution in [0.25, 0.3) is 0 Å². The van der Waals surface area contributed by atoms with Crippen molar-refractivity contribution in [3.05, 3.63) is 53.7 Å². The fourth-order valence-electron chi connectivity index (χ4n) is 1.57. The van der Waals surface area contributed by atoms with E-state index in [0.717, 1.165) is 0 Å². The van der Waals surface area contributed by atoms with Crippen LogP contribution in [-0.2, 0) is 0 Å².